The lowest BCUT2D eigenvalue weighted by Gasteiger charge is -2.45. The summed E-state index contributed by atoms with van der Waals surface area (Å²) in [7, 11) is 0. The van der Waals surface area contributed by atoms with Crippen LogP contribution in [0.25, 0.3) is 0 Å². The summed E-state index contributed by atoms with van der Waals surface area (Å²) >= 11 is 12.1. The number of rotatable bonds is 2. The molecule has 0 aliphatic carbocycles. The van der Waals surface area contributed by atoms with Crippen LogP contribution < -0.4 is 10.6 Å². The predicted octanol–water partition coefficient (Wildman–Crippen LogP) is 3.41. The second kappa shape index (κ2) is 5.09. The maximum Gasteiger partial charge on any atom is 0.247 e. The van der Waals surface area contributed by atoms with Crippen molar-refractivity contribution in [2.75, 3.05) is 4.90 Å². The van der Waals surface area contributed by atoms with Crippen molar-refractivity contribution in [1.82, 2.24) is 0 Å². The van der Waals surface area contributed by atoms with E-state index >= 15 is 0 Å². The molecule has 0 unspecified atom stereocenters. The van der Waals surface area contributed by atoms with Crippen LogP contribution in [0.4, 0.5) is 5.69 Å². The van der Waals surface area contributed by atoms with Gasteiger partial charge in [-0.3, -0.25) is 4.79 Å². The molecule has 3 rings (SSSR count). The summed E-state index contributed by atoms with van der Waals surface area (Å²) in [6.07, 6.45) is 0. The first-order valence-corrected chi connectivity index (χ1v) is 6.94. The van der Waals surface area contributed by atoms with Crippen molar-refractivity contribution < 1.29 is 4.79 Å². The SMILES string of the molecule is N[C@@H]1C(=O)N(c2ccccc2)[C@H]1c1ccc(Cl)cc1Cl. The zero-order chi connectivity index (χ0) is 14.3. The van der Waals surface area contributed by atoms with E-state index in [0.29, 0.717) is 10.0 Å². The highest BCUT2D eigenvalue weighted by molar-refractivity contribution is 6.35. The molecule has 1 fully saturated rings. The number of nitrogens with two attached hydrogens (primary N) is 1. The number of β-lactam (4-membered cyclic amide) rings is 1. The Morgan fingerprint density at radius 3 is 2.40 bits per heavy atom. The summed E-state index contributed by atoms with van der Waals surface area (Å²) in [4.78, 5) is 13.7. The van der Waals surface area contributed by atoms with E-state index in [1.54, 1.807) is 17.0 Å². The summed E-state index contributed by atoms with van der Waals surface area (Å²) in [5.74, 6) is -0.104. The van der Waals surface area contributed by atoms with E-state index in [1.807, 2.05) is 36.4 Å². The maximum atomic E-state index is 12.1. The second-order valence-corrected chi connectivity index (χ2v) is 5.52. The number of carbonyl (C=O) groups is 1. The van der Waals surface area contributed by atoms with Crippen LogP contribution in [0, 0.1) is 0 Å². The van der Waals surface area contributed by atoms with E-state index in [0.717, 1.165) is 11.3 Å². The predicted molar refractivity (Wildman–Crippen MR) is 81.1 cm³/mol. The van der Waals surface area contributed by atoms with Gasteiger partial charge in [0.25, 0.3) is 0 Å². The van der Waals surface area contributed by atoms with Gasteiger partial charge in [-0.1, -0.05) is 47.5 Å². The van der Waals surface area contributed by atoms with Gasteiger partial charge in [-0.25, -0.2) is 0 Å². The average Bonchev–Trinajstić information content (AvgIpc) is 2.46. The molecule has 2 N–H and O–H groups in total. The number of anilines is 1. The molecule has 0 spiro atoms. The third-order valence-electron chi connectivity index (χ3n) is 3.46. The first-order valence-electron chi connectivity index (χ1n) is 6.18. The number of halogens is 2. The van der Waals surface area contributed by atoms with Gasteiger partial charge in [0.1, 0.15) is 6.04 Å². The molecule has 0 radical (unpaired) electrons. The molecule has 1 heterocycles. The molecule has 0 bridgehead atoms. The van der Waals surface area contributed by atoms with Crippen LogP contribution in [0.5, 0.6) is 0 Å². The average molecular weight is 307 g/mol. The lowest BCUT2D eigenvalue weighted by molar-refractivity contribution is -0.126. The highest BCUT2D eigenvalue weighted by Gasteiger charge is 2.47. The molecule has 102 valence electrons. The van der Waals surface area contributed by atoms with Gasteiger partial charge in [0.15, 0.2) is 0 Å². The fourth-order valence-electron chi connectivity index (χ4n) is 2.46. The Morgan fingerprint density at radius 1 is 1.05 bits per heavy atom. The Hall–Kier alpha value is -1.55. The number of benzene rings is 2. The molecule has 0 saturated carbocycles. The van der Waals surface area contributed by atoms with E-state index in [2.05, 4.69) is 0 Å². The fraction of sp³-hybridized carbons (Fsp3) is 0.133. The standard InChI is InChI=1S/C15H12Cl2N2O/c16-9-6-7-11(12(17)8-9)14-13(18)15(20)19(14)10-4-2-1-3-5-10/h1-8,13-14H,18H2/t13-,14-/m0/s1. The van der Waals surface area contributed by atoms with E-state index in [9.17, 15) is 4.79 Å². The second-order valence-electron chi connectivity index (χ2n) is 4.68. The van der Waals surface area contributed by atoms with Crippen molar-refractivity contribution in [1.29, 1.82) is 0 Å². The van der Waals surface area contributed by atoms with Crippen molar-refractivity contribution in [3.8, 4) is 0 Å². The number of hydrogen-bond acceptors (Lipinski definition) is 2. The largest absolute Gasteiger partial charge is 0.318 e. The Balaban J connectivity index is 2.01. The van der Waals surface area contributed by atoms with Crippen LogP contribution in [0.1, 0.15) is 11.6 Å². The fourth-order valence-corrected chi connectivity index (χ4v) is 2.98. The minimum absolute atomic E-state index is 0.104. The third-order valence-corrected chi connectivity index (χ3v) is 4.02. The first-order chi connectivity index (χ1) is 9.59. The maximum absolute atomic E-state index is 12.1. The van der Waals surface area contributed by atoms with Crippen molar-refractivity contribution >= 4 is 34.8 Å². The van der Waals surface area contributed by atoms with Crippen LogP contribution in [-0.2, 0) is 4.79 Å². The van der Waals surface area contributed by atoms with E-state index in [4.69, 9.17) is 28.9 Å². The zero-order valence-corrected chi connectivity index (χ0v) is 12.0. The Morgan fingerprint density at radius 2 is 1.75 bits per heavy atom. The molecule has 5 heteroatoms. The van der Waals surface area contributed by atoms with E-state index in [-0.39, 0.29) is 11.9 Å². The summed E-state index contributed by atoms with van der Waals surface area (Å²) in [6.45, 7) is 0. The Bertz CT molecular complexity index is 660. The van der Waals surface area contributed by atoms with Crippen LogP contribution in [-0.4, -0.2) is 11.9 Å². The van der Waals surface area contributed by atoms with Crippen LogP contribution in [0.2, 0.25) is 10.0 Å². The normalized spacial score (nSPS) is 21.8. The molecule has 1 aliphatic rings. The summed E-state index contributed by atoms with van der Waals surface area (Å²) in [6, 6.07) is 13.8. The molecule has 2 aromatic carbocycles. The third kappa shape index (κ3) is 2.08. The first kappa shape index (κ1) is 13.4. The number of para-hydroxylation sites is 1. The molecular formula is C15H12Cl2N2O. The van der Waals surface area contributed by atoms with Crippen LogP contribution in [0.15, 0.2) is 48.5 Å². The Kier molecular flexibility index (Phi) is 3.42. The number of carbonyl (C=O) groups excluding carboxylic acids is 1. The van der Waals surface area contributed by atoms with Crippen LogP contribution in [0.3, 0.4) is 0 Å². The van der Waals surface area contributed by atoms with Gasteiger partial charge in [-0.2, -0.15) is 0 Å². The smallest absolute Gasteiger partial charge is 0.247 e. The van der Waals surface area contributed by atoms with Gasteiger partial charge in [0.05, 0.1) is 6.04 Å². The van der Waals surface area contributed by atoms with Gasteiger partial charge < -0.3 is 10.6 Å². The highest BCUT2D eigenvalue weighted by Crippen LogP contribution is 2.41. The van der Waals surface area contributed by atoms with Crippen molar-refractivity contribution in [2.24, 2.45) is 5.73 Å². The lowest BCUT2D eigenvalue weighted by Crippen LogP contribution is -2.63. The van der Waals surface area contributed by atoms with Crippen molar-refractivity contribution in [3.63, 3.8) is 0 Å². The number of amides is 1. The molecule has 2 atom stereocenters. The van der Waals surface area contributed by atoms with Crippen molar-refractivity contribution in [2.45, 2.75) is 12.1 Å². The summed E-state index contributed by atoms with van der Waals surface area (Å²) in [5.41, 5.74) is 7.58. The van der Waals surface area contributed by atoms with Gasteiger partial charge in [-0.15, -0.1) is 0 Å². The van der Waals surface area contributed by atoms with Crippen molar-refractivity contribution in [3.05, 3.63) is 64.1 Å². The highest BCUT2D eigenvalue weighted by atomic mass is 35.5. The Labute approximate surface area is 126 Å². The van der Waals surface area contributed by atoms with E-state index in [1.165, 1.54) is 0 Å². The quantitative estimate of drug-likeness (QED) is 0.864. The van der Waals surface area contributed by atoms with Gasteiger partial charge in [0.2, 0.25) is 5.91 Å². The summed E-state index contributed by atoms with van der Waals surface area (Å²) < 4.78 is 0. The van der Waals surface area contributed by atoms with E-state index < -0.39 is 6.04 Å². The minimum atomic E-state index is -0.575. The number of hydrogen-bond donors (Lipinski definition) is 1. The minimum Gasteiger partial charge on any atom is -0.318 e. The lowest BCUT2D eigenvalue weighted by atomic mass is 9.88. The molecular weight excluding hydrogens is 295 g/mol. The topological polar surface area (TPSA) is 46.3 Å². The molecule has 0 aromatic heterocycles. The van der Waals surface area contributed by atoms with Gasteiger partial charge in [0, 0.05) is 15.7 Å². The summed E-state index contributed by atoms with van der Waals surface area (Å²) in [5, 5.41) is 1.08. The monoisotopic (exact) mass is 306 g/mol. The van der Waals surface area contributed by atoms with Gasteiger partial charge in [-0.05, 0) is 29.8 Å². The molecule has 1 aliphatic heterocycles. The molecule has 2 aromatic rings. The zero-order valence-electron chi connectivity index (χ0n) is 10.5. The molecule has 20 heavy (non-hydrogen) atoms. The molecule has 1 amide bonds. The van der Waals surface area contributed by atoms with Crippen LogP contribution >= 0.6 is 23.2 Å². The number of nitrogens with zero attached hydrogens (tertiary/aromatic N) is 1. The molecule has 1 saturated heterocycles. The van der Waals surface area contributed by atoms with Gasteiger partial charge >= 0.3 is 0 Å². The molecule has 3 nitrogen and oxygen atoms in total.